The third kappa shape index (κ3) is 9.23. The quantitative estimate of drug-likeness (QED) is 0.0968. The van der Waals surface area contributed by atoms with Crippen molar-refractivity contribution in [2.24, 2.45) is 21.8 Å². The zero-order valence-corrected chi connectivity index (χ0v) is 36.8. The first-order valence-corrected chi connectivity index (χ1v) is 21.8. The van der Waals surface area contributed by atoms with E-state index >= 15 is 0 Å². The molecule has 0 fully saturated rings. The number of nitrogens with zero attached hydrogens (tertiary/aromatic N) is 2. The number of benzene rings is 7. The fraction of sp³-hybridized carbons (Fsp3) is 0.133. The number of rotatable bonds is 12. The molecule has 3 nitrogen and oxygen atoms in total. The maximum absolute atomic E-state index is 6.26. The summed E-state index contributed by atoms with van der Waals surface area (Å²) in [5.41, 5.74) is 18.0. The van der Waals surface area contributed by atoms with Gasteiger partial charge in [-0.25, -0.2) is 4.99 Å². The summed E-state index contributed by atoms with van der Waals surface area (Å²) >= 11 is 0. The molecule has 0 amide bonds. The van der Waals surface area contributed by atoms with Gasteiger partial charge < -0.3 is 5.32 Å². The SMILES string of the molecule is C#Cc1cc(-c2ccc(C3N=C(c4ccccc4)NC(c4ccccc4)=C3C(C)C)cc2)ccc1-c1ccc(C(=NC(=C)c2ccccc2)/C(=C(\C)c2ccccc2)C(C)C)cc1. The second-order valence-corrected chi connectivity index (χ2v) is 16.7. The largest absolute Gasteiger partial charge is 0.339 e. The molecule has 1 heterocycles. The summed E-state index contributed by atoms with van der Waals surface area (Å²) in [5.74, 6) is 4.34. The highest BCUT2D eigenvalue weighted by molar-refractivity contribution is 6.18. The van der Waals surface area contributed by atoms with E-state index in [1.807, 2.05) is 24.3 Å². The summed E-state index contributed by atoms with van der Waals surface area (Å²) in [6.45, 7) is 15.6. The lowest BCUT2D eigenvalue weighted by molar-refractivity contribution is 0.657. The van der Waals surface area contributed by atoms with Crippen LogP contribution in [-0.2, 0) is 0 Å². The summed E-state index contributed by atoms with van der Waals surface area (Å²) in [6.07, 6.45) is 6.26. The first-order chi connectivity index (χ1) is 30.7. The van der Waals surface area contributed by atoms with E-state index in [1.54, 1.807) is 0 Å². The lowest BCUT2D eigenvalue weighted by atomic mass is 9.85. The van der Waals surface area contributed by atoms with E-state index in [0.29, 0.717) is 0 Å². The van der Waals surface area contributed by atoms with Crippen LogP contribution in [0.15, 0.2) is 216 Å². The predicted molar refractivity (Wildman–Crippen MR) is 268 cm³/mol. The summed E-state index contributed by atoms with van der Waals surface area (Å²) in [6, 6.07) is 65.4. The second-order valence-electron chi connectivity index (χ2n) is 16.7. The summed E-state index contributed by atoms with van der Waals surface area (Å²) < 4.78 is 0. The molecule has 0 saturated heterocycles. The van der Waals surface area contributed by atoms with E-state index in [1.165, 1.54) is 22.3 Å². The molecule has 7 aromatic rings. The van der Waals surface area contributed by atoms with Gasteiger partial charge in [-0.05, 0) is 86.1 Å². The van der Waals surface area contributed by atoms with E-state index in [9.17, 15) is 0 Å². The molecule has 0 spiro atoms. The average Bonchev–Trinajstić information content (AvgIpc) is 3.34. The predicted octanol–water partition coefficient (Wildman–Crippen LogP) is 14.7. The van der Waals surface area contributed by atoms with Crippen molar-refractivity contribution in [2.45, 2.75) is 40.7 Å². The summed E-state index contributed by atoms with van der Waals surface area (Å²) in [4.78, 5) is 10.6. The van der Waals surface area contributed by atoms with Crippen molar-refractivity contribution in [3.05, 3.63) is 245 Å². The molecule has 7 aromatic carbocycles. The van der Waals surface area contributed by atoms with Crippen molar-refractivity contribution >= 4 is 28.5 Å². The maximum Gasteiger partial charge on any atom is 0.133 e. The number of hydrogen-bond acceptors (Lipinski definition) is 3. The molecular formula is C60H53N3. The lowest BCUT2D eigenvalue weighted by Crippen LogP contribution is -2.31. The van der Waals surface area contributed by atoms with Crippen molar-refractivity contribution in [1.82, 2.24) is 5.32 Å². The molecule has 0 radical (unpaired) electrons. The number of terminal acetylenes is 1. The number of allylic oxidation sites excluding steroid dienone is 2. The maximum atomic E-state index is 6.26. The molecule has 1 N–H and O–H groups in total. The molecule has 1 aliphatic heterocycles. The van der Waals surface area contributed by atoms with Crippen LogP contribution in [0.25, 0.3) is 39.2 Å². The van der Waals surface area contributed by atoms with Crippen LogP contribution < -0.4 is 5.32 Å². The number of nitrogens with one attached hydrogen (secondary N) is 1. The summed E-state index contributed by atoms with van der Waals surface area (Å²) in [5, 5.41) is 3.73. The van der Waals surface area contributed by atoms with Crippen molar-refractivity contribution in [2.75, 3.05) is 0 Å². The number of hydrogen-bond donors (Lipinski definition) is 1. The fourth-order valence-corrected chi connectivity index (χ4v) is 8.60. The van der Waals surface area contributed by atoms with Crippen LogP contribution in [0.2, 0.25) is 0 Å². The van der Waals surface area contributed by atoms with Crippen molar-refractivity contribution in [3.8, 4) is 34.6 Å². The normalized spacial score (nSPS) is 14.5. The zero-order chi connectivity index (χ0) is 43.9. The smallest absolute Gasteiger partial charge is 0.133 e. The van der Waals surface area contributed by atoms with Crippen molar-refractivity contribution in [3.63, 3.8) is 0 Å². The molecule has 1 unspecified atom stereocenters. The van der Waals surface area contributed by atoms with Crippen LogP contribution in [0, 0.1) is 24.2 Å². The van der Waals surface area contributed by atoms with Gasteiger partial charge in [0.25, 0.3) is 0 Å². The Morgan fingerprint density at radius 2 is 1.14 bits per heavy atom. The Labute approximate surface area is 374 Å². The molecule has 1 atom stereocenters. The third-order valence-corrected chi connectivity index (χ3v) is 11.8. The molecule has 0 aromatic heterocycles. The van der Waals surface area contributed by atoms with Gasteiger partial charge in [-0.1, -0.05) is 222 Å². The highest BCUT2D eigenvalue weighted by Gasteiger charge is 2.29. The molecule has 8 rings (SSSR count). The van der Waals surface area contributed by atoms with Crippen LogP contribution in [0.5, 0.6) is 0 Å². The fourth-order valence-electron chi connectivity index (χ4n) is 8.60. The Morgan fingerprint density at radius 3 is 1.71 bits per heavy atom. The van der Waals surface area contributed by atoms with Crippen LogP contribution in [0.3, 0.4) is 0 Å². The van der Waals surface area contributed by atoms with E-state index in [4.69, 9.17) is 16.4 Å². The van der Waals surface area contributed by atoms with Crippen LogP contribution in [-0.4, -0.2) is 11.5 Å². The Bertz CT molecular complexity index is 2890. The van der Waals surface area contributed by atoms with Gasteiger partial charge in [0.05, 0.1) is 11.4 Å². The Hall–Kier alpha value is -7.54. The van der Waals surface area contributed by atoms with Gasteiger partial charge in [0.2, 0.25) is 0 Å². The molecule has 63 heavy (non-hydrogen) atoms. The highest BCUT2D eigenvalue weighted by Crippen LogP contribution is 2.40. The van der Waals surface area contributed by atoms with Crippen molar-refractivity contribution in [1.29, 1.82) is 0 Å². The van der Waals surface area contributed by atoms with Gasteiger partial charge >= 0.3 is 0 Å². The first-order valence-electron chi connectivity index (χ1n) is 21.8. The van der Waals surface area contributed by atoms with Crippen LogP contribution in [0.4, 0.5) is 0 Å². The zero-order valence-electron chi connectivity index (χ0n) is 36.8. The molecule has 308 valence electrons. The van der Waals surface area contributed by atoms with Crippen molar-refractivity contribution < 1.29 is 0 Å². The van der Waals surface area contributed by atoms with Gasteiger partial charge in [0.1, 0.15) is 11.9 Å². The van der Waals surface area contributed by atoms with Gasteiger partial charge in [-0.15, -0.1) is 6.42 Å². The third-order valence-electron chi connectivity index (χ3n) is 11.8. The second kappa shape index (κ2) is 19.0. The Morgan fingerprint density at radius 1 is 0.603 bits per heavy atom. The van der Waals surface area contributed by atoms with Gasteiger partial charge in [0, 0.05) is 22.4 Å². The minimum absolute atomic E-state index is 0.145. The molecule has 0 bridgehead atoms. The molecule has 1 aliphatic rings. The van der Waals surface area contributed by atoms with E-state index in [0.717, 1.165) is 78.6 Å². The van der Waals surface area contributed by atoms with E-state index in [2.05, 4.69) is 216 Å². The Kier molecular flexibility index (Phi) is 12.7. The van der Waals surface area contributed by atoms with E-state index in [-0.39, 0.29) is 17.9 Å². The molecular weight excluding hydrogens is 763 g/mol. The summed E-state index contributed by atoms with van der Waals surface area (Å²) in [7, 11) is 0. The standard InChI is InChI=1S/C60H53N3/c1-8-44-39-53(47-29-33-51(34-30-47)59-56(41(4)5)58(49-25-17-11-18-26-49)62-60(63-59)52-27-19-12-20-28-52)37-38-54(44)48-31-35-50(36-32-48)57(61-43(7)46-23-15-10-16-24-46)55(40(2)3)42(6)45-21-13-9-14-22-45/h1,9-41,59H,7H2,2-6H3,(H,62,63)/b55-42+,61-57?. The monoisotopic (exact) mass is 815 g/mol. The number of amidine groups is 1. The van der Waals surface area contributed by atoms with E-state index < -0.39 is 0 Å². The number of aliphatic imine (C=N–C) groups is 2. The van der Waals surface area contributed by atoms with Crippen LogP contribution in [0.1, 0.15) is 79.6 Å². The highest BCUT2D eigenvalue weighted by atomic mass is 15.1. The molecule has 3 heteroatoms. The molecule has 0 saturated carbocycles. The van der Waals surface area contributed by atoms with Crippen LogP contribution >= 0.6 is 0 Å². The molecule has 0 aliphatic carbocycles. The van der Waals surface area contributed by atoms with Gasteiger partial charge in [0.15, 0.2) is 0 Å². The lowest BCUT2D eigenvalue weighted by Gasteiger charge is -2.31. The van der Waals surface area contributed by atoms with Gasteiger partial charge in [-0.2, -0.15) is 0 Å². The average molecular weight is 816 g/mol. The minimum Gasteiger partial charge on any atom is -0.339 e. The minimum atomic E-state index is -0.145. The topological polar surface area (TPSA) is 36.8 Å². The Balaban J connectivity index is 1.12. The van der Waals surface area contributed by atoms with Gasteiger partial charge in [-0.3, -0.25) is 4.99 Å². The first kappa shape index (κ1) is 42.2.